The van der Waals surface area contributed by atoms with Crippen LogP contribution in [0.5, 0.6) is 0 Å². The molecule has 0 bridgehead atoms. The Morgan fingerprint density at radius 2 is 2.27 bits per heavy atom. The number of hydrogen-bond acceptors (Lipinski definition) is 2. The van der Waals surface area contributed by atoms with Crippen LogP contribution in [0.1, 0.15) is 5.69 Å². The zero-order chi connectivity index (χ0) is 8.10. The van der Waals surface area contributed by atoms with Crippen molar-refractivity contribution >= 4 is 28.3 Å². The minimum atomic E-state index is 0.726. The van der Waals surface area contributed by atoms with Gasteiger partial charge in [-0.05, 0) is 40.2 Å². The Kier molecular flexibility index (Phi) is 2.98. The van der Waals surface area contributed by atoms with E-state index in [1.807, 2.05) is 12.1 Å². The van der Waals surface area contributed by atoms with Crippen LogP contribution in [0.4, 0.5) is 0 Å². The second-order valence-electron chi connectivity index (χ2n) is 1.90. The lowest BCUT2D eigenvalue weighted by Gasteiger charge is -1.90. The Labute approximate surface area is 73.1 Å². The lowest BCUT2D eigenvalue weighted by atomic mass is 10.3. The molecule has 1 aromatic heterocycles. The molecule has 0 aliphatic rings. The number of carbonyl (C=O) groups is 1. The van der Waals surface area contributed by atoms with E-state index in [1.54, 1.807) is 12.3 Å². The average Bonchev–Trinajstić information content (AvgIpc) is 2.04. The standard InChI is InChI=1S/C8H6BrNO/c9-7-3-4-8(10-6-7)2-1-5-11/h1-6H/b2-1+. The highest BCUT2D eigenvalue weighted by Crippen LogP contribution is 2.07. The van der Waals surface area contributed by atoms with Gasteiger partial charge in [0.1, 0.15) is 6.29 Å². The zero-order valence-electron chi connectivity index (χ0n) is 5.70. The van der Waals surface area contributed by atoms with E-state index in [-0.39, 0.29) is 0 Å². The molecule has 0 fully saturated rings. The maximum atomic E-state index is 9.92. The van der Waals surface area contributed by atoms with Gasteiger partial charge >= 0.3 is 0 Å². The first-order chi connectivity index (χ1) is 5.33. The normalized spacial score (nSPS) is 10.3. The van der Waals surface area contributed by atoms with Crippen LogP contribution in [0.15, 0.2) is 28.9 Å². The van der Waals surface area contributed by atoms with Crippen molar-refractivity contribution in [2.24, 2.45) is 0 Å². The molecule has 0 aliphatic heterocycles. The van der Waals surface area contributed by atoms with Crippen LogP contribution < -0.4 is 0 Å². The first-order valence-electron chi connectivity index (χ1n) is 3.06. The van der Waals surface area contributed by atoms with Crippen molar-refractivity contribution in [3.05, 3.63) is 34.6 Å². The first-order valence-corrected chi connectivity index (χ1v) is 3.85. The molecule has 0 spiro atoms. The van der Waals surface area contributed by atoms with Crippen molar-refractivity contribution in [2.45, 2.75) is 0 Å². The fourth-order valence-electron chi connectivity index (χ4n) is 0.624. The number of allylic oxidation sites excluding steroid dienone is 1. The summed E-state index contributed by atoms with van der Waals surface area (Å²) in [7, 11) is 0. The topological polar surface area (TPSA) is 30.0 Å². The molecule has 1 heterocycles. The predicted molar refractivity (Wildman–Crippen MR) is 47.0 cm³/mol. The minimum absolute atomic E-state index is 0.726. The molecule has 3 heteroatoms. The van der Waals surface area contributed by atoms with Gasteiger partial charge in [0.05, 0.1) is 5.69 Å². The summed E-state index contributed by atoms with van der Waals surface area (Å²) in [5.41, 5.74) is 0.778. The van der Waals surface area contributed by atoms with Crippen molar-refractivity contribution in [2.75, 3.05) is 0 Å². The van der Waals surface area contributed by atoms with E-state index in [0.717, 1.165) is 16.5 Å². The minimum Gasteiger partial charge on any atom is -0.299 e. The summed E-state index contributed by atoms with van der Waals surface area (Å²) in [6.45, 7) is 0. The van der Waals surface area contributed by atoms with Crippen LogP contribution in [-0.4, -0.2) is 11.3 Å². The zero-order valence-corrected chi connectivity index (χ0v) is 7.28. The Bertz CT molecular complexity index is 266. The van der Waals surface area contributed by atoms with Crippen molar-refractivity contribution in [1.82, 2.24) is 4.98 Å². The fourth-order valence-corrected chi connectivity index (χ4v) is 0.858. The number of nitrogens with zero attached hydrogens (tertiary/aromatic N) is 1. The molecule has 11 heavy (non-hydrogen) atoms. The number of aldehydes is 1. The molecule has 0 unspecified atom stereocenters. The van der Waals surface area contributed by atoms with Crippen LogP contribution in [0.3, 0.4) is 0 Å². The van der Waals surface area contributed by atoms with Crippen LogP contribution in [0, 0.1) is 0 Å². The highest BCUT2D eigenvalue weighted by molar-refractivity contribution is 9.10. The molecular weight excluding hydrogens is 206 g/mol. The van der Waals surface area contributed by atoms with Gasteiger partial charge in [0.15, 0.2) is 0 Å². The summed E-state index contributed by atoms with van der Waals surface area (Å²) >= 11 is 3.26. The largest absolute Gasteiger partial charge is 0.299 e. The molecule has 0 radical (unpaired) electrons. The van der Waals surface area contributed by atoms with E-state index in [9.17, 15) is 4.79 Å². The number of hydrogen-bond donors (Lipinski definition) is 0. The van der Waals surface area contributed by atoms with E-state index >= 15 is 0 Å². The fraction of sp³-hybridized carbons (Fsp3) is 0. The summed E-state index contributed by atoms with van der Waals surface area (Å²) in [6.07, 6.45) is 5.48. The van der Waals surface area contributed by atoms with Gasteiger partial charge in [0, 0.05) is 10.7 Å². The molecule has 0 aromatic carbocycles. The smallest absolute Gasteiger partial charge is 0.142 e. The quantitative estimate of drug-likeness (QED) is 0.554. The third-order valence-electron chi connectivity index (χ3n) is 1.10. The molecule has 0 amide bonds. The second-order valence-corrected chi connectivity index (χ2v) is 2.81. The Morgan fingerprint density at radius 3 is 2.82 bits per heavy atom. The highest BCUT2D eigenvalue weighted by atomic mass is 79.9. The predicted octanol–water partition coefficient (Wildman–Crippen LogP) is 2.06. The van der Waals surface area contributed by atoms with Crippen molar-refractivity contribution < 1.29 is 4.79 Å². The SMILES string of the molecule is O=C/C=C/c1ccc(Br)cn1. The van der Waals surface area contributed by atoms with E-state index < -0.39 is 0 Å². The third-order valence-corrected chi connectivity index (χ3v) is 1.56. The van der Waals surface area contributed by atoms with E-state index in [1.165, 1.54) is 6.08 Å². The van der Waals surface area contributed by atoms with Gasteiger partial charge in [-0.2, -0.15) is 0 Å². The summed E-state index contributed by atoms with van der Waals surface area (Å²) in [6, 6.07) is 3.70. The Morgan fingerprint density at radius 1 is 1.45 bits per heavy atom. The molecule has 0 atom stereocenters. The molecule has 1 aromatic rings. The van der Waals surface area contributed by atoms with E-state index in [2.05, 4.69) is 20.9 Å². The summed E-state index contributed by atoms with van der Waals surface area (Å²) < 4.78 is 0.931. The van der Waals surface area contributed by atoms with Gasteiger partial charge in [-0.3, -0.25) is 9.78 Å². The van der Waals surface area contributed by atoms with Crippen LogP contribution in [0.2, 0.25) is 0 Å². The molecule has 2 nitrogen and oxygen atoms in total. The Balaban J connectivity index is 2.81. The number of halogens is 1. The number of aromatic nitrogens is 1. The van der Waals surface area contributed by atoms with Gasteiger partial charge < -0.3 is 0 Å². The first kappa shape index (κ1) is 8.14. The maximum absolute atomic E-state index is 9.92. The molecule has 0 aliphatic carbocycles. The molecular formula is C8H6BrNO. The van der Waals surface area contributed by atoms with Gasteiger partial charge in [-0.15, -0.1) is 0 Å². The van der Waals surface area contributed by atoms with Crippen LogP contribution in [0.25, 0.3) is 6.08 Å². The van der Waals surface area contributed by atoms with Gasteiger partial charge in [0.2, 0.25) is 0 Å². The summed E-state index contributed by atoms with van der Waals surface area (Å²) in [4.78, 5) is 13.9. The van der Waals surface area contributed by atoms with Crippen molar-refractivity contribution in [3.63, 3.8) is 0 Å². The molecule has 0 saturated carbocycles. The number of carbonyl (C=O) groups excluding carboxylic acids is 1. The second kappa shape index (κ2) is 4.03. The Hall–Kier alpha value is -0.960. The van der Waals surface area contributed by atoms with E-state index in [0.29, 0.717) is 0 Å². The van der Waals surface area contributed by atoms with Gasteiger partial charge in [-0.25, -0.2) is 0 Å². The monoisotopic (exact) mass is 211 g/mol. The number of pyridine rings is 1. The summed E-state index contributed by atoms with van der Waals surface area (Å²) in [5.74, 6) is 0. The lowest BCUT2D eigenvalue weighted by molar-refractivity contribution is -0.104. The van der Waals surface area contributed by atoms with Gasteiger partial charge in [-0.1, -0.05) is 0 Å². The van der Waals surface area contributed by atoms with Gasteiger partial charge in [0.25, 0.3) is 0 Å². The highest BCUT2D eigenvalue weighted by Gasteiger charge is 1.86. The lowest BCUT2D eigenvalue weighted by Crippen LogP contribution is -1.77. The number of rotatable bonds is 2. The van der Waals surface area contributed by atoms with Crippen molar-refractivity contribution in [1.29, 1.82) is 0 Å². The molecule has 1 rings (SSSR count). The maximum Gasteiger partial charge on any atom is 0.142 e. The van der Waals surface area contributed by atoms with Crippen LogP contribution >= 0.6 is 15.9 Å². The summed E-state index contributed by atoms with van der Waals surface area (Å²) in [5, 5.41) is 0. The molecule has 0 N–H and O–H groups in total. The molecule has 56 valence electrons. The third kappa shape index (κ3) is 2.63. The van der Waals surface area contributed by atoms with Crippen molar-refractivity contribution in [3.8, 4) is 0 Å². The molecule has 0 saturated heterocycles. The van der Waals surface area contributed by atoms with E-state index in [4.69, 9.17) is 0 Å². The van der Waals surface area contributed by atoms with Crippen LogP contribution in [-0.2, 0) is 4.79 Å². The average molecular weight is 212 g/mol.